The van der Waals surface area contributed by atoms with Gasteiger partial charge in [-0.15, -0.1) is 12.4 Å². The maximum atomic E-state index is 13.0. The van der Waals surface area contributed by atoms with Crippen LogP contribution in [-0.2, 0) is 0 Å². The third kappa shape index (κ3) is 5.42. The maximum Gasteiger partial charge on any atom is 0.277 e. The fourth-order valence-corrected chi connectivity index (χ4v) is 2.29. The Balaban J connectivity index is 0.00000242. The summed E-state index contributed by atoms with van der Waals surface area (Å²) in [5, 5.41) is 2.19. The summed E-state index contributed by atoms with van der Waals surface area (Å²) in [5.41, 5.74) is 5.23. The molecule has 0 bridgehead atoms. The molecule has 0 spiro atoms. The number of amides is 1. The number of benzene rings is 1. The van der Waals surface area contributed by atoms with Gasteiger partial charge in [0.1, 0.15) is 5.75 Å². The van der Waals surface area contributed by atoms with E-state index in [0.717, 1.165) is 25.7 Å². The Hall–Kier alpha value is -1.40. The number of carbonyl (C=O) groups is 1. The van der Waals surface area contributed by atoms with Crippen LogP contribution in [0.2, 0.25) is 0 Å². The number of nitrogens with two attached hydrogens (primary N) is 1. The van der Waals surface area contributed by atoms with Crippen molar-refractivity contribution in [1.29, 1.82) is 0 Å². The molecule has 4 nitrogen and oxygen atoms in total. The Morgan fingerprint density at radius 2 is 2.05 bits per heavy atom. The van der Waals surface area contributed by atoms with Crippen molar-refractivity contribution in [3.8, 4) is 5.75 Å². The van der Waals surface area contributed by atoms with Crippen molar-refractivity contribution in [2.24, 2.45) is 5.73 Å². The number of hydrogen-bond acceptors (Lipinski definition) is 3. The average molecular weight is 335 g/mol. The second kappa shape index (κ2) is 8.29. The van der Waals surface area contributed by atoms with E-state index in [4.69, 9.17) is 10.5 Å². The number of nitrogens with one attached hydrogen (secondary N) is 1. The quantitative estimate of drug-likeness (QED) is 0.840. The minimum absolute atomic E-state index is 0. The van der Waals surface area contributed by atoms with Gasteiger partial charge in [-0.25, -0.2) is 8.78 Å². The van der Waals surface area contributed by atoms with E-state index in [1.807, 2.05) is 0 Å². The highest BCUT2D eigenvalue weighted by atomic mass is 35.5. The van der Waals surface area contributed by atoms with Gasteiger partial charge in [-0.3, -0.25) is 4.79 Å². The molecule has 1 aliphatic carbocycles. The van der Waals surface area contributed by atoms with Crippen LogP contribution < -0.4 is 15.8 Å². The Bertz CT molecular complexity index is 494. The molecule has 0 aromatic heterocycles. The minimum Gasteiger partial charge on any atom is -0.490 e. The molecule has 0 heterocycles. The zero-order valence-corrected chi connectivity index (χ0v) is 13.0. The molecule has 3 N–H and O–H groups in total. The molecule has 7 heteroatoms. The number of ether oxygens (including phenoxy) is 1. The van der Waals surface area contributed by atoms with Gasteiger partial charge in [0.2, 0.25) is 0 Å². The first-order valence-corrected chi connectivity index (χ1v) is 7.13. The number of alkyl halides is 2. The van der Waals surface area contributed by atoms with Crippen LogP contribution in [0.5, 0.6) is 5.75 Å². The molecule has 124 valence electrons. The molecule has 0 atom stereocenters. The Morgan fingerprint density at radius 1 is 1.36 bits per heavy atom. The van der Waals surface area contributed by atoms with Gasteiger partial charge >= 0.3 is 0 Å². The summed E-state index contributed by atoms with van der Waals surface area (Å²) >= 11 is 0. The topological polar surface area (TPSA) is 64.3 Å². The van der Waals surface area contributed by atoms with Crippen molar-refractivity contribution < 1.29 is 18.3 Å². The number of halogens is 3. The van der Waals surface area contributed by atoms with Gasteiger partial charge in [-0.1, -0.05) is 6.07 Å². The van der Waals surface area contributed by atoms with Gasteiger partial charge in [0, 0.05) is 5.56 Å². The summed E-state index contributed by atoms with van der Waals surface area (Å²) < 4.78 is 31.8. The highest BCUT2D eigenvalue weighted by Gasteiger charge is 2.27. The first-order valence-electron chi connectivity index (χ1n) is 7.13. The molecule has 1 saturated carbocycles. The SMILES string of the molecule is Cl.NCC(F)(F)CNC(=O)c1cccc(OC2CCCC2)c1. The van der Waals surface area contributed by atoms with Crippen molar-refractivity contribution in [3.05, 3.63) is 29.8 Å². The first-order chi connectivity index (χ1) is 10.00. The van der Waals surface area contributed by atoms with Crippen LogP contribution in [0, 0.1) is 0 Å². The molecule has 22 heavy (non-hydrogen) atoms. The van der Waals surface area contributed by atoms with Gasteiger partial charge in [0.05, 0.1) is 19.2 Å². The van der Waals surface area contributed by atoms with Gasteiger partial charge in [-0.2, -0.15) is 0 Å². The van der Waals surface area contributed by atoms with Crippen LogP contribution >= 0.6 is 12.4 Å². The summed E-state index contributed by atoms with van der Waals surface area (Å²) in [6, 6.07) is 6.59. The van der Waals surface area contributed by atoms with Crippen LogP contribution in [0.1, 0.15) is 36.0 Å². The molecule has 1 amide bonds. The van der Waals surface area contributed by atoms with Crippen molar-refractivity contribution in [2.45, 2.75) is 37.7 Å². The molecule has 1 aromatic carbocycles. The standard InChI is InChI=1S/C15H20F2N2O2.ClH/c16-15(17,9-18)10-19-14(20)11-4-3-7-13(8-11)21-12-5-1-2-6-12;/h3-4,7-8,12H,1-2,5-6,9-10,18H2,(H,19,20);1H. The molecule has 1 fully saturated rings. The summed E-state index contributed by atoms with van der Waals surface area (Å²) in [7, 11) is 0. The molecule has 0 saturated heterocycles. The Labute approximate surface area is 134 Å². The van der Waals surface area contributed by atoms with Crippen LogP contribution in [0.25, 0.3) is 0 Å². The predicted molar refractivity (Wildman–Crippen MR) is 82.9 cm³/mol. The molecule has 0 unspecified atom stereocenters. The second-order valence-electron chi connectivity index (χ2n) is 5.29. The van der Waals surface area contributed by atoms with Crippen LogP contribution in [0.15, 0.2) is 24.3 Å². The smallest absolute Gasteiger partial charge is 0.277 e. The van der Waals surface area contributed by atoms with E-state index in [1.165, 1.54) is 0 Å². The maximum absolute atomic E-state index is 13.0. The summed E-state index contributed by atoms with van der Waals surface area (Å²) in [4.78, 5) is 11.9. The minimum atomic E-state index is -3.09. The predicted octanol–water partition coefficient (Wildman–Crippen LogP) is 2.75. The number of carbonyl (C=O) groups excluding carboxylic acids is 1. The van der Waals surface area contributed by atoms with Crippen molar-refractivity contribution in [2.75, 3.05) is 13.1 Å². The summed E-state index contributed by atoms with van der Waals surface area (Å²) in [5.74, 6) is -3.05. The van der Waals surface area contributed by atoms with E-state index >= 15 is 0 Å². The van der Waals surface area contributed by atoms with Gasteiger partial charge in [-0.05, 0) is 43.9 Å². The molecule has 1 aliphatic rings. The lowest BCUT2D eigenvalue weighted by Crippen LogP contribution is -2.41. The highest BCUT2D eigenvalue weighted by Crippen LogP contribution is 2.24. The number of rotatable bonds is 6. The average Bonchev–Trinajstić information content (AvgIpc) is 2.98. The van der Waals surface area contributed by atoms with E-state index in [2.05, 4.69) is 5.32 Å². The zero-order valence-electron chi connectivity index (χ0n) is 12.2. The van der Waals surface area contributed by atoms with Gasteiger partial charge in [0.15, 0.2) is 0 Å². The van der Waals surface area contributed by atoms with E-state index in [9.17, 15) is 13.6 Å². The van der Waals surface area contributed by atoms with E-state index in [1.54, 1.807) is 24.3 Å². The largest absolute Gasteiger partial charge is 0.490 e. The van der Waals surface area contributed by atoms with E-state index in [-0.39, 0.29) is 18.5 Å². The zero-order chi connectivity index (χ0) is 15.3. The van der Waals surface area contributed by atoms with Gasteiger partial charge < -0.3 is 15.8 Å². The Morgan fingerprint density at radius 3 is 2.68 bits per heavy atom. The third-order valence-corrected chi connectivity index (χ3v) is 3.51. The van der Waals surface area contributed by atoms with Crippen molar-refractivity contribution in [3.63, 3.8) is 0 Å². The molecule has 2 rings (SSSR count). The third-order valence-electron chi connectivity index (χ3n) is 3.51. The normalized spacial score (nSPS) is 15.2. The highest BCUT2D eigenvalue weighted by molar-refractivity contribution is 5.94. The lowest BCUT2D eigenvalue weighted by molar-refractivity contribution is 0.0118. The Kier molecular flexibility index (Phi) is 7.03. The summed E-state index contributed by atoms with van der Waals surface area (Å²) in [6.07, 6.45) is 4.51. The van der Waals surface area contributed by atoms with Crippen LogP contribution in [0.3, 0.4) is 0 Å². The lowest BCUT2D eigenvalue weighted by Gasteiger charge is -2.16. The van der Waals surface area contributed by atoms with Crippen molar-refractivity contribution >= 4 is 18.3 Å². The molecular weight excluding hydrogens is 314 g/mol. The fourth-order valence-electron chi connectivity index (χ4n) is 2.29. The monoisotopic (exact) mass is 334 g/mol. The van der Waals surface area contributed by atoms with E-state index < -0.39 is 24.9 Å². The molecule has 1 aromatic rings. The lowest BCUT2D eigenvalue weighted by atomic mass is 10.2. The van der Waals surface area contributed by atoms with Crippen molar-refractivity contribution in [1.82, 2.24) is 5.32 Å². The summed E-state index contributed by atoms with van der Waals surface area (Å²) in [6.45, 7) is -1.56. The molecular formula is C15H21ClF2N2O2. The molecule has 0 radical (unpaired) electrons. The van der Waals surface area contributed by atoms with Gasteiger partial charge in [0.25, 0.3) is 11.8 Å². The van der Waals surface area contributed by atoms with Crippen LogP contribution in [-0.4, -0.2) is 31.0 Å². The first kappa shape index (κ1) is 18.6. The van der Waals surface area contributed by atoms with Crippen LogP contribution in [0.4, 0.5) is 8.78 Å². The van der Waals surface area contributed by atoms with E-state index in [0.29, 0.717) is 11.3 Å². The second-order valence-corrected chi connectivity index (χ2v) is 5.29. The number of hydrogen-bond donors (Lipinski definition) is 2. The fraction of sp³-hybridized carbons (Fsp3) is 0.533. The molecule has 0 aliphatic heterocycles.